The second kappa shape index (κ2) is 5.01. The van der Waals surface area contributed by atoms with Gasteiger partial charge in [-0.05, 0) is 42.2 Å². The molecule has 0 spiro atoms. The van der Waals surface area contributed by atoms with Crippen molar-refractivity contribution in [2.75, 3.05) is 0 Å². The van der Waals surface area contributed by atoms with Gasteiger partial charge in [-0.1, -0.05) is 24.3 Å². The Morgan fingerprint density at radius 2 is 1.81 bits per heavy atom. The van der Waals surface area contributed by atoms with Crippen molar-refractivity contribution in [3.8, 4) is 5.75 Å². The standard InChI is InChI=1S/C18H16O3/c19-18(13-4-5-14-10-20-11-15(14)8-13)12-2-1-3-17(9-12)21-16-6-7-16/h1-5,8-9,16H,6-7,10-11H2. The molecule has 2 aliphatic rings. The molecule has 0 amide bonds. The van der Waals surface area contributed by atoms with Crippen LogP contribution in [0, 0.1) is 0 Å². The molecule has 0 atom stereocenters. The quantitative estimate of drug-likeness (QED) is 0.804. The van der Waals surface area contributed by atoms with Crippen LogP contribution < -0.4 is 4.74 Å². The van der Waals surface area contributed by atoms with Crippen LogP contribution >= 0.6 is 0 Å². The second-order valence-electron chi connectivity index (χ2n) is 5.65. The van der Waals surface area contributed by atoms with Crippen molar-refractivity contribution in [3.05, 3.63) is 64.7 Å². The summed E-state index contributed by atoms with van der Waals surface area (Å²) in [5, 5.41) is 0. The van der Waals surface area contributed by atoms with Gasteiger partial charge >= 0.3 is 0 Å². The minimum absolute atomic E-state index is 0.0333. The highest BCUT2D eigenvalue weighted by Gasteiger charge is 2.24. The first-order chi connectivity index (χ1) is 10.3. The fourth-order valence-electron chi connectivity index (χ4n) is 2.57. The lowest BCUT2D eigenvalue weighted by Gasteiger charge is -2.07. The molecule has 1 aliphatic carbocycles. The number of rotatable bonds is 4. The van der Waals surface area contributed by atoms with E-state index >= 15 is 0 Å². The Kier molecular flexibility index (Phi) is 3.00. The fourth-order valence-corrected chi connectivity index (χ4v) is 2.57. The smallest absolute Gasteiger partial charge is 0.193 e. The van der Waals surface area contributed by atoms with Crippen LogP contribution in [0.2, 0.25) is 0 Å². The van der Waals surface area contributed by atoms with E-state index in [4.69, 9.17) is 9.47 Å². The molecule has 2 aromatic carbocycles. The largest absolute Gasteiger partial charge is 0.490 e. The molecular weight excluding hydrogens is 264 g/mol. The highest BCUT2D eigenvalue weighted by molar-refractivity contribution is 6.09. The highest BCUT2D eigenvalue weighted by Crippen LogP contribution is 2.28. The molecule has 0 N–H and O–H groups in total. The zero-order valence-electron chi connectivity index (χ0n) is 11.7. The number of carbonyl (C=O) groups excluding carboxylic acids is 1. The number of ether oxygens (including phenoxy) is 2. The highest BCUT2D eigenvalue weighted by atomic mass is 16.5. The van der Waals surface area contributed by atoms with Gasteiger partial charge in [0.05, 0.1) is 19.3 Å². The molecule has 1 heterocycles. The molecule has 1 aliphatic heterocycles. The van der Waals surface area contributed by atoms with Crippen molar-refractivity contribution in [2.24, 2.45) is 0 Å². The summed E-state index contributed by atoms with van der Waals surface area (Å²) in [7, 11) is 0. The summed E-state index contributed by atoms with van der Waals surface area (Å²) in [6.07, 6.45) is 2.57. The Labute approximate surface area is 123 Å². The first-order valence-corrected chi connectivity index (χ1v) is 7.30. The molecule has 21 heavy (non-hydrogen) atoms. The van der Waals surface area contributed by atoms with E-state index < -0.39 is 0 Å². The van der Waals surface area contributed by atoms with E-state index in [2.05, 4.69) is 0 Å². The average Bonchev–Trinajstić information content (AvgIpc) is 3.20. The summed E-state index contributed by atoms with van der Waals surface area (Å²) >= 11 is 0. The van der Waals surface area contributed by atoms with Crippen molar-refractivity contribution < 1.29 is 14.3 Å². The van der Waals surface area contributed by atoms with E-state index in [9.17, 15) is 4.79 Å². The maximum atomic E-state index is 12.6. The third kappa shape index (κ3) is 2.57. The van der Waals surface area contributed by atoms with E-state index in [0.29, 0.717) is 30.4 Å². The van der Waals surface area contributed by atoms with E-state index in [1.165, 1.54) is 5.56 Å². The zero-order chi connectivity index (χ0) is 14.2. The summed E-state index contributed by atoms with van der Waals surface area (Å²) in [5.41, 5.74) is 3.68. The summed E-state index contributed by atoms with van der Waals surface area (Å²) in [4.78, 5) is 12.6. The van der Waals surface area contributed by atoms with Crippen molar-refractivity contribution in [2.45, 2.75) is 32.2 Å². The number of carbonyl (C=O) groups is 1. The third-order valence-corrected chi connectivity index (χ3v) is 3.91. The Morgan fingerprint density at radius 3 is 2.67 bits per heavy atom. The molecule has 3 heteroatoms. The Balaban J connectivity index is 1.61. The normalized spacial score (nSPS) is 16.6. The Bertz CT molecular complexity index is 701. The first-order valence-electron chi connectivity index (χ1n) is 7.30. The SMILES string of the molecule is O=C(c1cccc(OC2CC2)c1)c1ccc2c(c1)COC2. The topological polar surface area (TPSA) is 35.5 Å². The molecule has 2 aromatic rings. The van der Waals surface area contributed by atoms with E-state index in [-0.39, 0.29) is 5.78 Å². The monoisotopic (exact) mass is 280 g/mol. The van der Waals surface area contributed by atoms with Gasteiger partial charge in [0.25, 0.3) is 0 Å². The van der Waals surface area contributed by atoms with Crippen LogP contribution in [0.1, 0.15) is 39.9 Å². The zero-order valence-corrected chi connectivity index (χ0v) is 11.7. The number of hydrogen-bond acceptors (Lipinski definition) is 3. The summed E-state index contributed by atoms with van der Waals surface area (Å²) in [6.45, 7) is 1.25. The van der Waals surface area contributed by atoms with E-state index in [1.54, 1.807) is 0 Å². The minimum atomic E-state index is 0.0333. The lowest BCUT2D eigenvalue weighted by molar-refractivity contribution is 0.103. The third-order valence-electron chi connectivity index (χ3n) is 3.91. The average molecular weight is 280 g/mol. The second-order valence-corrected chi connectivity index (χ2v) is 5.65. The predicted molar refractivity (Wildman–Crippen MR) is 78.5 cm³/mol. The Morgan fingerprint density at radius 1 is 1.00 bits per heavy atom. The van der Waals surface area contributed by atoms with Crippen molar-refractivity contribution in [3.63, 3.8) is 0 Å². The van der Waals surface area contributed by atoms with Crippen LogP contribution in [0.15, 0.2) is 42.5 Å². The number of hydrogen-bond donors (Lipinski definition) is 0. The van der Waals surface area contributed by atoms with Gasteiger partial charge in [0.2, 0.25) is 0 Å². The molecule has 0 unspecified atom stereocenters. The van der Waals surface area contributed by atoms with E-state index in [0.717, 1.165) is 24.2 Å². The van der Waals surface area contributed by atoms with Gasteiger partial charge in [-0.15, -0.1) is 0 Å². The van der Waals surface area contributed by atoms with Crippen LogP contribution in [-0.4, -0.2) is 11.9 Å². The Hall–Kier alpha value is -2.13. The predicted octanol–water partition coefficient (Wildman–Crippen LogP) is 3.49. The molecule has 0 radical (unpaired) electrons. The van der Waals surface area contributed by atoms with Crippen molar-refractivity contribution in [1.82, 2.24) is 0 Å². The summed E-state index contributed by atoms with van der Waals surface area (Å²) in [6, 6.07) is 13.3. The number of fused-ring (bicyclic) bond motifs is 1. The van der Waals surface area contributed by atoms with Crippen LogP contribution in [-0.2, 0) is 18.0 Å². The number of ketones is 1. The van der Waals surface area contributed by atoms with Gasteiger partial charge in [0.1, 0.15) is 5.75 Å². The molecule has 0 saturated heterocycles. The van der Waals surface area contributed by atoms with Crippen LogP contribution in [0.5, 0.6) is 5.75 Å². The lowest BCUT2D eigenvalue weighted by atomic mass is 9.99. The lowest BCUT2D eigenvalue weighted by Crippen LogP contribution is -2.03. The molecule has 1 fully saturated rings. The minimum Gasteiger partial charge on any atom is -0.490 e. The van der Waals surface area contributed by atoms with Gasteiger partial charge in [0, 0.05) is 11.1 Å². The fraction of sp³-hybridized carbons (Fsp3) is 0.278. The van der Waals surface area contributed by atoms with E-state index in [1.807, 2.05) is 42.5 Å². The van der Waals surface area contributed by atoms with Gasteiger partial charge in [-0.3, -0.25) is 4.79 Å². The van der Waals surface area contributed by atoms with Crippen LogP contribution in [0.4, 0.5) is 0 Å². The van der Waals surface area contributed by atoms with Crippen molar-refractivity contribution in [1.29, 1.82) is 0 Å². The molecule has 4 rings (SSSR count). The number of benzene rings is 2. The first kappa shape index (κ1) is 12.6. The van der Waals surface area contributed by atoms with Crippen LogP contribution in [0.3, 0.4) is 0 Å². The molecule has 0 aromatic heterocycles. The maximum absolute atomic E-state index is 12.6. The molecule has 106 valence electrons. The van der Waals surface area contributed by atoms with Gasteiger partial charge < -0.3 is 9.47 Å². The molecule has 1 saturated carbocycles. The molecular formula is C18H16O3. The maximum Gasteiger partial charge on any atom is 0.193 e. The summed E-state index contributed by atoms with van der Waals surface area (Å²) < 4.78 is 11.1. The molecule has 3 nitrogen and oxygen atoms in total. The van der Waals surface area contributed by atoms with Gasteiger partial charge in [-0.25, -0.2) is 0 Å². The molecule has 0 bridgehead atoms. The van der Waals surface area contributed by atoms with Crippen molar-refractivity contribution >= 4 is 5.78 Å². The summed E-state index contributed by atoms with van der Waals surface area (Å²) in [5.74, 6) is 0.818. The van der Waals surface area contributed by atoms with Crippen LogP contribution in [0.25, 0.3) is 0 Å². The van der Waals surface area contributed by atoms with Gasteiger partial charge in [0.15, 0.2) is 5.78 Å². The van der Waals surface area contributed by atoms with Gasteiger partial charge in [-0.2, -0.15) is 0 Å².